The van der Waals surface area contributed by atoms with E-state index >= 15 is 0 Å². The van der Waals surface area contributed by atoms with Crippen molar-refractivity contribution in [3.63, 3.8) is 0 Å². The van der Waals surface area contributed by atoms with Crippen LogP contribution >= 0.6 is 0 Å². The number of rotatable bonds is 1. The fourth-order valence-electron chi connectivity index (χ4n) is 4.06. The predicted octanol–water partition coefficient (Wildman–Crippen LogP) is 1.96. The van der Waals surface area contributed by atoms with Crippen LogP contribution in [0.2, 0.25) is 0 Å². The highest BCUT2D eigenvalue weighted by Crippen LogP contribution is 2.28. The molecule has 1 atom stereocenters. The Morgan fingerprint density at radius 2 is 2.14 bits per heavy atom. The molecule has 4 nitrogen and oxygen atoms in total. The van der Waals surface area contributed by atoms with Crippen LogP contribution in [-0.4, -0.2) is 54.5 Å². The molecule has 1 N–H and O–H groups in total. The van der Waals surface area contributed by atoms with Crippen LogP contribution < -0.4 is 5.32 Å². The number of piperazine rings is 1. The molecular formula is C17H23N3O. The van der Waals surface area contributed by atoms with Crippen LogP contribution in [0.15, 0.2) is 18.2 Å². The van der Waals surface area contributed by atoms with E-state index in [0.29, 0.717) is 6.04 Å². The Morgan fingerprint density at radius 3 is 3.10 bits per heavy atom. The molecule has 21 heavy (non-hydrogen) atoms. The highest BCUT2D eigenvalue weighted by atomic mass is 16.2. The van der Waals surface area contributed by atoms with E-state index in [4.69, 9.17) is 0 Å². The molecule has 2 saturated heterocycles. The minimum Gasteiger partial charge on any atom is -0.385 e. The topological polar surface area (TPSA) is 35.6 Å². The minimum absolute atomic E-state index is 0.238. The van der Waals surface area contributed by atoms with Gasteiger partial charge in [-0.05, 0) is 49.9 Å². The average molecular weight is 285 g/mol. The molecule has 0 saturated carbocycles. The molecule has 1 amide bonds. The van der Waals surface area contributed by atoms with Crippen molar-refractivity contribution in [3.05, 3.63) is 29.3 Å². The van der Waals surface area contributed by atoms with Gasteiger partial charge in [-0.2, -0.15) is 0 Å². The van der Waals surface area contributed by atoms with Gasteiger partial charge in [0.25, 0.3) is 5.91 Å². The maximum atomic E-state index is 12.9. The third-order valence-electron chi connectivity index (χ3n) is 5.20. The van der Waals surface area contributed by atoms with Crippen molar-refractivity contribution in [3.8, 4) is 0 Å². The largest absolute Gasteiger partial charge is 0.385 e. The fraction of sp³-hybridized carbons (Fsp3) is 0.588. The molecule has 4 rings (SSSR count). The van der Waals surface area contributed by atoms with Gasteiger partial charge in [0.1, 0.15) is 0 Å². The van der Waals surface area contributed by atoms with E-state index in [2.05, 4.69) is 21.2 Å². The Morgan fingerprint density at radius 1 is 1.19 bits per heavy atom. The van der Waals surface area contributed by atoms with Crippen molar-refractivity contribution in [1.82, 2.24) is 9.80 Å². The lowest BCUT2D eigenvalue weighted by Gasteiger charge is -2.38. The molecule has 4 heteroatoms. The Bertz CT molecular complexity index is 557. The van der Waals surface area contributed by atoms with Crippen molar-refractivity contribution < 1.29 is 4.79 Å². The zero-order chi connectivity index (χ0) is 14.2. The standard InChI is InChI=1S/C17H23N3O/c21-17(20-11-10-19-9-3-4-13(19)12-20)15-5-1-7-16-14(15)6-2-8-18-16/h1,5,7,13,18H,2-4,6,8-12H2. The maximum absolute atomic E-state index is 12.9. The quantitative estimate of drug-likeness (QED) is 0.857. The summed E-state index contributed by atoms with van der Waals surface area (Å²) in [5.41, 5.74) is 3.31. The van der Waals surface area contributed by atoms with Crippen LogP contribution in [0.5, 0.6) is 0 Å². The summed E-state index contributed by atoms with van der Waals surface area (Å²) in [5, 5.41) is 3.42. The summed E-state index contributed by atoms with van der Waals surface area (Å²) in [6, 6.07) is 6.71. The number of carbonyl (C=O) groups is 1. The molecule has 3 heterocycles. The smallest absolute Gasteiger partial charge is 0.254 e. The Kier molecular flexibility index (Phi) is 3.34. The van der Waals surface area contributed by atoms with Crippen LogP contribution in [-0.2, 0) is 6.42 Å². The fourth-order valence-corrected chi connectivity index (χ4v) is 4.06. The summed E-state index contributed by atoms with van der Waals surface area (Å²) in [6.07, 6.45) is 4.68. The molecule has 0 aliphatic carbocycles. The molecule has 1 aromatic rings. The summed E-state index contributed by atoms with van der Waals surface area (Å²) in [5.74, 6) is 0.238. The van der Waals surface area contributed by atoms with Gasteiger partial charge in [0, 0.05) is 43.5 Å². The summed E-state index contributed by atoms with van der Waals surface area (Å²) in [7, 11) is 0. The van der Waals surface area contributed by atoms with E-state index in [1.807, 2.05) is 12.1 Å². The van der Waals surface area contributed by atoms with Gasteiger partial charge in [0.2, 0.25) is 0 Å². The summed E-state index contributed by atoms with van der Waals surface area (Å²) in [4.78, 5) is 17.6. The molecule has 3 aliphatic rings. The number of fused-ring (bicyclic) bond motifs is 2. The lowest BCUT2D eigenvalue weighted by Crippen LogP contribution is -2.52. The highest BCUT2D eigenvalue weighted by Gasteiger charge is 2.33. The van der Waals surface area contributed by atoms with Crippen LogP contribution in [0.25, 0.3) is 0 Å². The molecular weight excluding hydrogens is 262 g/mol. The highest BCUT2D eigenvalue weighted by molar-refractivity contribution is 5.97. The van der Waals surface area contributed by atoms with Crippen LogP contribution in [0.3, 0.4) is 0 Å². The van der Waals surface area contributed by atoms with Crippen molar-refractivity contribution >= 4 is 11.6 Å². The molecule has 0 aromatic heterocycles. The minimum atomic E-state index is 0.238. The predicted molar refractivity (Wildman–Crippen MR) is 83.8 cm³/mol. The molecule has 112 valence electrons. The van der Waals surface area contributed by atoms with Crippen LogP contribution in [0.1, 0.15) is 35.2 Å². The van der Waals surface area contributed by atoms with Gasteiger partial charge in [-0.3, -0.25) is 9.69 Å². The second-order valence-corrected chi connectivity index (χ2v) is 6.45. The molecule has 1 unspecified atom stereocenters. The van der Waals surface area contributed by atoms with E-state index in [0.717, 1.165) is 50.3 Å². The van der Waals surface area contributed by atoms with Crippen LogP contribution in [0, 0.1) is 0 Å². The number of amides is 1. The molecule has 2 fully saturated rings. The first-order valence-corrected chi connectivity index (χ1v) is 8.22. The van der Waals surface area contributed by atoms with Crippen LogP contribution in [0.4, 0.5) is 5.69 Å². The Hall–Kier alpha value is -1.55. The lowest BCUT2D eigenvalue weighted by atomic mass is 9.96. The van der Waals surface area contributed by atoms with Gasteiger partial charge in [0.05, 0.1) is 0 Å². The average Bonchev–Trinajstić information content (AvgIpc) is 3.01. The molecule has 0 radical (unpaired) electrons. The van der Waals surface area contributed by atoms with Crippen molar-refractivity contribution in [2.24, 2.45) is 0 Å². The molecule has 1 aromatic carbocycles. The van der Waals surface area contributed by atoms with Crippen molar-refractivity contribution in [1.29, 1.82) is 0 Å². The normalized spacial score (nSPS) is 25.1. The monoisotopic (exact) mass is 285 g/mol. The first-order valence-electron chi connectivity index (χ1n) is 8.22. The van der Waals surface area contributed by atoms with E-state index in [1.54, 1.807) is 0 Å². The van der Waals surface area contributed by atoms with Crippen molar-refractivity contribution in [2.75, 3.05) is 38.0 Å². The van der Waals surface area contributed by atoms with Gasteiger partial charge in [-0.25, -0.2) is 0 Å². The Balaban J connectivity index is 1.57. The van der Waals surface area contributed by atoms with E-state index < -0.39 is 0 Å². The third kappa shape index (κ3) is 2.31. The van der Waals surface area contributed by atoms with Gasteiger partial charge >= 0.3 is 0 Å². The van der Waals surface area contributed by atoms with E-state index in [9.17, 15) is 4.79 Å². The van der Waals surface area contributed by atoms with Gasteiger partial charge in [-0.1, -0.05) is 6.07 Å². The lowest BCUT2D eigenvalue weighted by molar-refractivity contribution is 0.0570. The van der Waals surface area contributed by atoms with Gasteiger partial charge in [0.15, 0.2) is 0 Å². The number of hydrogen-bond donors (Lipinski definition) is 1. The first kappa shape index (κ1) is 13.1. The van der Waals surface area contributed by atoms with Crippen molar-refractivity contribution in [2.45, 2.75) is 31.7 Å². The van der Waals surface area contributed by atoms with Gasteiger partial charge in [-0.15, -0.1) is 0 Å². The number of hydrogen-bond acceptors (Lipinski definition) is 3. The molecule has 3 aliphatic heterocycles. The number of benzene rings is 1. The number of anilines is 1. The van der Waals surface area contributed by atoms with Gasteiger partial charge < -0.3 is 10.2 Å². The Labute approximate surface area is 126 Å². The van der Waals surface area contributed by atoms with E-state index in [1.165, 1.54) is 24.9 Å². The zero-order valence-corrected chi connectivity index (χ0v) is 12.5. The molecule has 0 bridgehead atoms. The van der Waals surface area contributed by atoms with E-state index in [-0.39, 0.29) is 5.91 Å². The third-order valence-corrected chi connectivity index (χ3v) is 5.20. The first-order chi connectivity index (χ1) is 10.3. The summed E-state index contributed by atoms with van der Waals surface area (Å²) < 4.78 is 0. The SMILES string of the molecule is O=C(c1cccc2c1CCCN2)N1CCN2CCCC2C1. The zero-order valence-electron chi connectivity index (χ0n) is 12.5. The maximum Gasteiger partial charge on any atom is 0.254 e. The second-order valence-electron chi connectivity index (χ2n) is 6.45. The molecule has 0 spiro atoms. The number of carbonyl (C=O) groups excluding carboxylic acids is 1. The number of nitrogens with zero attached hydrogens (tertiary/aromatic N) is 2. The summed E-state index contributed by atoms with van der Waals surface area (Å²) >= 11 is 0. The second kappa shape index (κ2) is 5.34. The number of nitrogens with one attached hydrogen (secondary N) is 1. The summed E-state index contributed by atoms with van der Waals surface area (Å²) in [6.45, 7) is 5.08.